The number of carbonyl (C=O) groups excluding carboxylic acids is 3. The molecule has 0 fully saturated rings. The molecular formula is C50H86O6. The Bertz CT molecular complexity index is 1040. The molecule has 0 radical (unpaired) electrons. The summed E-state index contributed by atoms with van der Waals surface area (Å²) in [6.07, 6.45) is 53.5. The maximum absolute atomic E-state index is 12.7. The third-order valence-electron chi connectivity index (χ3n) is 9.76. The number of hydrogen-bond donors (Lipinski definition) is 0. The lowest BCUT2D eigenvalue weighted by molar-refractivity contribution is -0.167. The van der Waals surface area contributed by atoms with Gasteiger partial charge in [-0.2, -0.15) is 0 Å². The summed E-state index contributed by atoms with van der Waals surface area (Å²) in [4.78, 5) is 37.7. The van der Waals surface area contributed by atoms with E-state index in [1.54, 1.807) is 0 Å². The van der Waals surface area contributed by atoms with Gasteiger partial charge in [0.15, 0.2) is 6.10 Å². The van der Waals surface area contributed by atoms with E-state index in [4.69, 9.17) is 14.2 Å². The first kappa shape index (κ1) is 53.1. The van der Waals surface area contributed by atoms with Gasteiger partial charge in [-0.05, 0) is 83.5 Å². The molecule has 0 saturated carbocycles. The minimum atomic E-state index is -0.784. The summed E-state index contributed by atoms with van der Waals surface area (Å²) < 4.78 is 16.7. The molecular weight excluding hydrogens is 697 g/mol. The summed E-state index contributed by atoms with van der Waals surface area (Å²) in [5.74, 6) is -0.925. The van der Waals surface area contributed by atoms with Crippen LogP contribution in [0.4, 0.5) is 0 Å². The Kier molecular flexibility index (Phi) is 42.5. The van der Waals surface area contributed by atoms with E-state index in [2.05, 4.69) is 81.5 Å². The lowest BCUT2D eigenvalue weighted by Crippen LogP contribution is -2.30. The highest BCUT2D eigenvalue weighted by Crippen LogP contribution is 2.13. The van der Waals surface area contributed by atoms with E-state index in [1.165, 1.54) is 70.6 Å². The minimum Gasteiger partial charge on any atom is -0.462 e. The van der Waals surface area contributed by atoms with Crippen LogP contribution >= 0.6 is 0 Å². The summed E-state index contributed by atoms with van der Waals surface area (Å²) in [7, 11) is 0. The van der Waals surface area contributed by atoms with Crippen molar-refractivity contribution >= 4 is 17.9 Å². The van der Waals surface area contributed by atoms with Crippen molar-refractivity contribution in [1.29, 1.82) is 0 Å². The second-order valence-electron chi connectivity index (χ2n) is 15.3. The SMILES string of the molecule is CC/C=C\C/C=C\C/C=C\C/C=C\CCCCCCC(=O)OCC(COC(=O)CCCCCCCCCC)OC(=O)CCCCCCC/C=C\CCCCCC. The largest absolute Gasteiger partial charge is 0.462 e. The van der Waals surface area contributed by atoms with Gasteiger partial charge in [0, 0.05) is 19.3 Å². The third kappa shape index (κ3) is 42.3. The van der Waals surface area contributed by atoms with Crippen molar-refractivity contribution in [2.75, 3.05) is 13.2 Å². The van der Waals surface area contributed by atoms with E-state index in [1.807, 2.05) is 0 Å². The van der Waals surface area contributed by atoms with E-state index < -0.39 is 6.10 Å². The first-order valence-corrected chi connectivity index (χ1v) is 23.3. The fourth-order valence-electron chi connectivity index (χ4n) is 6.25. The van der Waals surface area contributed by atoms with Gasteiger partial charge in [0.25, 0.3) is 0 Å². The maximum Gasteiger partial charge on any atom is 0.306 e. The molecule has 0 aliphatic heterocycles. The number of rotatable bonds is 41. The lowest BCUT2D eigenvalue weighted by atomic mass is 10.1. The average molecular weight is 783 g/mol. The number of allylic oxidation sites excluding steroid dienone is 10. The Morgan fingerprint density at radius 3 is 1.12 bits per heavy atom. The molecule has 0 aromatic heterocycles. The van der Waals surface area contributed by atoms with E-state index in [9.17, 15) is 14.4 Å². The second-order valence-corrected chi connectivity index (χ2v) is 15.3. The summed E-state index contributed by atoms with van der Waals surface area (Å²) in [5, 5.41) is 0. The first-order valence-electron chi connectivity index (χ1n) is 23.3. The number of unbranched alkanes of at least 4 members (excludes halogenated alkanes) is 20. The van der Waals surface area contributed by atoms with Crippen LogP contribution in [-0.4, -0.2) is 37.2 Å². The van der Waals surface area contributed by atoms with E-state index in [-0.39, 0.29) is 31.1 Å². The predicted octanol–water partition coefficient (Wildman–Crippen LogP) is 14.9. The number of ether oxygens (including phenoxy) is 3. The van der Waals surface area contributed by atoms with Crippen molar-refractivity contribution in [3.63, 3.8) is 0 Å². The van der Waals surface area contributed by atoms with Crippen LogP contribution in [0.25, 0.3) is 0 Å². The zero-order valence-electron chi connectivity index (χ0n) is 36.6. The fraction of sp³-hybridized carbons (Fsp3) is 0.740. The molecule has 0 rings (SSSR count). The van der Waals surface area contributed by atoms with Gasteiger partial charge in [-0.25, -0.2) is 0 Å². The number of hydrogen-bond acceptors (Lipinski definition) is 6. The molecule has 1 unspecified atom stereocenters. The molecule has 6 nitrogen and oxygen atoms in total. The monoisotopic (exact) mass is 783 g/mol. The van der Waals surface area contributed by atoms with Crippen LogP contribution in [0.2, 0.25) is 0 Å². The summed E-state index contributed by atoms with van der Waals surface area (Å²) in [5.41, 5.74) is 0. The molecule has 1 atom stereocenters. The molecule has 0 aliphatic carbocycles. The Labute approximate surface area is 345 Å². The summed E-state index contributed by atoms with van der Waals surface area (Å²) in [6.45, 7) is 6.44. The average Bonchev–Trinajstić information content (AvgIpc) is 3.19. The number of carbonyl (C=O) groups is 3. The molecule has 0 aromatic carbocycles. The fourth-order valence-corrected chi connectivity index (χ4v) is 6.25. The van der Waals surface area contributed by atoms with Gasteiger partial charge in [-0.1, -0.05) is 178 Å². The maximum atomic E-state index is 12.7. The molecule has 0 aliphatic rings. The van der Waals surface area contributed by atoms with Gasteiger partial charge in [-0.3, -0.25) is 14.4 Å². The molecule has 0 heterocycles. The highest BCUT2D eigenvalue weighted by Gasteiger charge is 2.19. The predicted molar refractivity (Wildman–Crippen MR) is 238 cm³/mol. The standard InChI is InChI=1S/C50H86O6/c1-4-7-10-13-16-19-21-23-24-25-26-28-29-31-34-37-40-43-49(52)55-46-47(45-54-48(51)42-39-36-33-18-15-12-9-6-3)56-50(53)44-41-38-35-32-30-27-22-20-17-14-11-8-5-2/h7,10,16,19-20,22-24,26,28,47H,4-6,8-9,11-15,17-18,21,25,27,29-46H2,1-3H3/b10-7-,19-16-,22-20-,24-23-,28-26-. The quantitative estimate of drug-likeness (QED) is 0.0266. The third-order valence-corrected chi connectivity index (χ3v) is 9.76. The van der Waals surface area contributed by atoms with Crippen LogP contribution in [0, 0.1) is 0 Å². The van der Waals surface area contributed by atoms with Crippen molar-refractivity contribution < 1.29 is 28.6 Å². The van der Waals surface area contributed by atoms with Crippen molar-refractivity contribution in [1.82, 2.24) is 0 Å². The van der Waals surface area contributed by atoms with Gasteiger partial charge in [-0.15, -0.1) is 0 Å². The Morgan fingerprint density at radius 1 is 0.375 bits per heavy atom. The van der Waals surface area contributed by atoms with Crippen LogP contribution in [-0.2, 0) is 28.6 Å². The van der Waals surface area contributed by atoms with E-state index in [0.29, 0.717) is 19.3 Å². The van der Waals surface area contributed by atoms with Crippen LogP contribution in [0.5, 0.6) is 0 Å². The number of esters is 3. The van der Waals surface area contributed by atoms with Crippen LogP contribution in [0.1, 0.15) is 220 Å². The lowest BCUT2D eigenvalue weighted by Gasteiger charge is -2.18. The Morgan fingerprint density at radius 2 is 0.696 bits per heavy atom. The van der Waals surface area contributed by atoms with Gasteiger partial charge < -0.3 is 14.2 Å². The van der Waals surface area contributed by atoms with Crippen LogP contribution in [0.15, 0.2) is 60.8 Å². The van der Waals surface area contributed by atoms with E-state index in [0.717, 1.165) is 109 Å². The first-order chi connectivity index (χ1) is 27.5. The van der Waals surface area contributed by atoms with E-state index >= 15 is 0 Å². The van der Waals surface area contributed by atoms with Crippen molar-refractivity contribution in [3.05, 3.63) is 60.8 Å². The Hall–Kier alpha value is -2.89. The van der Waals surface area contributed by atoms with Crippen molar-refractivity contribution in [3.8, 4) is 0 Å². The van der Waals surface area contributed by atoms with Gasteiger partial charge in [0.2, 0.25) is 0 Å². The molecule has 6 heteroatoms. The molecule has 0 N–H and O–H groups in total. The molecule has 0 aromatic rings. The molecule has 322 valence electrons. The van der Waals surface area contributed by atoms with Gasteiger partial charge in [0.05, 0.1) is 0 Å². The van der Waals surface area contributed by atoms with Gasteiger partial charge in [0.1, 0.15) is 13.2 Å². The highest BCUT2D eigenvalue weighted by atomic mass is 16.6. The molecule has 0 spiro atoms. The highest BCUT2D eigenvalue weighted by molar-refractivity contribution is 5.71. The normalized spacial score (nSPS) is 12.6. The van der Waals surface area contributed by atoms with Crippen LogP contribution in [0.3, 0.4) is 0 Å². The zero-order chi connectivity index (χ0) is 40.8. The van der Waals surface area contributed by atoms with Gasteiger partial charge >= 0.3 is 17.9 Å². The second kappa shape index (κ2) is 44.8. The summed E-state index contributed by atoms with van der Waals surface area (Å²) in [6, 6.07) is 0. The zero-order valence-corrected chi connectivity index (χ0v) is 36.6. The smallest absolute Gasteiger partial charge is 0.306 e. The molecule has 0 amide bonds. The molecule has 56 heavy (non-hydrogen) atoms. The summed E-state index contributed by atoms with van der Waals surface area (Å²) >= 11 is 0. The topological polar surface area (TPSA) is 78.9 Å². The minimum absolute atomic E-state index is 0.0850. The Balaban J connectivity index is 4.38. The molecule has 0 bridgehead atoms. The van der Waals surface area contributed by atoms with Crippen molar-refractivity contribution in [2.24, 2.45) is 0 Å². The van der Waals surface area contributed by atoms with Crippen LogP contribution < -0.4 is 0 Å². The molecule has 0 saturated heterocycles. The van der Waals surface area contributed by atoms with Crippen molar-refractivity contribution in [2.45, 2.75) is 226 Å².